The number of carbonyl (C=O) groups excluding carboxylic acids is 1. The molecule has 1 amide bonds. The van der Waals surface area contributed by atoms with Gasteiger partial charge >= 0.3 is 0 Å². The summed E-state index contributed by atoms with van der Waals surface area (Å²) in [7, 11) is 0. The molecule has 0 saturated heterocycles. The zero-order valence-corrected chi connectivity index (χ0v) is 11.1. The van der Waals surface area contributed by atoms with Gasteiger partial charge in [0.25, 0.3) is 0 Å². The van der Waals surface area contributed by atoms with Gasteiger partial charge in [0, 0.05) is 19.1 Å². The van der Waals surface area contributed by atoms with E-state index < -0.39 is 0 Å². The second kappa shape index (κ2) is 7.67. The van der Waals surface area contributed by atoms with Crippen molar-refractivity contribution in [3.05, 3.63) is 0 Å². The summed E-state index contributed by atoms with van der Waals surface area (Å²) in [4.78, 5) is 11.9. The summed E-state index contributed by atoms with van der Waals surface area (Å²) in [6.07, 6.45) is 4.38. The smallest absolute Gasteiger partial charge is 0.223 e. The minimum atomic E-state index is 0.144. The Labute approximate surface area is 104 Å². The third-order valence-corrected chi connectivity index (χ3v) is 3.37. The van der Waals surface area contributed by atoms with E-state index in [1.54, 1.807) is 0 Å². The Bertz CT molecular complexity index is 231. The SMILES string of the molecule is CC(C)OCCCNC(=O)C1CCCC1CN. The molecule has 1 saturated carbocycles. The monoisotopic (exact) mass is 242 g/mol. The molecule has 4 heteroatoms. The lowest BCUT2D eigenvalue weighted by Gasteiger charge is -2.17. The molecule has 0 heterocycles. The molecule has 0 aromatic rings. The van der Waals surface area contributed by atoms with Crippen LogP contribution >= 0.6 is 0 Å². The molecule has 3 N–H and O–H groups in total. The first-order valence-electron chi connectivity index (χ1n) is 6.74. The normalized spacial score (nSPS) is 24.2. The van der Waals surface area contributed by atoms with E-state index in [-0.39, 0.29) is 17.9 Å². The maximum Gasteiger partial charge on any atom is 0.223 e. The van der Waals surface area contributed by atoms with Gasteiger partial charge in [-0.05, 0) is 45.6 Å². The van der Waals surface area contributed by atoms with Gasteiger partial charge in [-0.2, -0.15) is 0 Å². The fourth-order valence-electron chi connectivity index (χ4n) is 2.40. The number of rotatable bonds is 7. The summed E-state index contributed by atoms with van der Waals surface area (Å²) >= 11 is 0. The fourth-order valence-corrected chi connectivity index (χ4v) is 2.40. The van der Waals surface area contributed by atoms with Gasteiger partial charge in [0.15, 0.2) is 0 Å². The van der Waals surface area contributed by atoms with Crippen LogP contribution in [0.2, 0.25) is 0 Å². The van der Waals surface area contributed by atoms with E-state index in [1.165, 1.54) is 0 Å². The molecule has 0 spiro atoms. The lowest BCUT2D eigenvalue weighted by molar-refractivity contribution is -0.126. The quantitative estimate of drug-likeness (QED) is 0.661. The average molecular weight is 242 g/mol. The molecule has 0 aromatic heterocycles. The summed E-state index contributed by atoms with van der Waals surface area (Å²) in [6.45, 7) is 6.09. The molecule has 2 unspecified atom stereocenters. The van der Waals surface area contributed by atoms with Crippen molar-refractivity contribution >= 4 is 5.91 Å². The van der Waals surface area contributed by atoms with E-state index in [4.69, 9.17) is 10.5 Å². The Morgan fingerprint density at radius 3 is 2.88 bits per heavy atom. The predicted octanol–water partition coefficient (Wildman–Crippen LogP) is 1.29. The van der Waals surface area contributed by atoms with Crippen molar-refractivity contribution in [1.29, 1.82) is 0 Å². The van der Waals surface area contributed by atoms with Gasteiger partial charge in [0.2, 0.25) is 5.91 Å². The van der Waals surface area contributed by atoms with Crippen molar-refractivity contribution in [2.45, 2.75) is 45.6 Å². The topological polar surface area (TPSA) is 64.3 Å². The van der Waals surface area contributed by atoms with E-state index in [9.17, 15) is 4.79 Å². The zero-order valence-electron chi connectivity index (χ0n) is 11.1. The first kappa shape index (κ1) is 14.5. The summed E-state index contributed by atoms with van der Waals surface area (Å²) in [5, 5.41) is 2.99. The van der Waals surface area contributed by atoms with Crippen LogP contribution in [-0.4, -0.2) is 31.7 Å². The van der Waals surface area contributed by atoms with Gasteiger partial charge in [-0.15, -0.1) is 0 Å². The Balaban J connectivity index is 2.12. The largest absolute Gasteiger partial charge is 0.379 e. The number of nitrogens with one attached hydrogen (secondary N) is 1. The van der Waals surface area contributed by atoms with Crippen LogP contribution in [0.1, 0.15) is 39.5 Å². The van der Waals surface area contributed by atoms with Gasteiger partial charge in [0.1, 0.15) is 0 Å². The van der Waals surface area contributed by atoms with Gasteiger partial charge in [-0.25, -0.2) is 0 Å². The second-order valence-corrected chi connectivity index (χ2v) is 5.10. The van der Waals surface area contributed by atoms with Gasteiger partial charge in [-0.1, -0.05) is 6.42 Å². The summed E-state index contributed by atoms with van der Waals surface area (Å²) in [5.74, 6) is 0.718. The highest BCUT2D eigenvalue weighted by molar-refractivity contribution is 5.79. The minimum absolute atomic E-state index is 0.144. The van der Waals surface area contributed by atoms with E-state index >= 15 is 0 Å². The average Bonchev–Trinajstić information content (AvgIpc) is 2.75. The van der Waals surface area contributed by atoms with Crippen LogP contribution in [0.5, 0.6) is 0 Å². The zero-order chi connectivity index (χ0) is 12.7. The summed E-state index contributed by atoms with van der Waals surface area (Å²) in [5.41, 5.74) is 5.67. The number of amides is 1. The molecule has 1 aliphatic carbocycles. The highest BCUT2D eigenvalue weighted by Crippen LogP contribution is 2.30. The van der Waals surface area contributed by atoms with Gasteiger partial charge in [0.05, 0.1) is 6.10 Å². The maximum atomic E-state index is 11.9. The molecule has 17 heavy (non-hydrogen) atoms. The minimum Gasteiger partial charge on any atom is -0.379 e. The van der Waals surface area contributed by atoms with Crippen LogP contribution in [-0.2, 0) is 9.53 Å². The molecular weight excluding hydrogens is 216 g/mol. The molecule has 1 aliphatic rings. The van der Waals surface area contributed by atoms with Crippen LogP contribution in [0.4, 0.5) is 0 Å². The fraction of sp³-hybridized carbons (Fsp3) is 0.923. The van der Waals surface area contributed by atoms with Crippen molar-refractivity contribution in [3.8, 4) is 0 Å². The molecule has 1 fully saturated rings. The molecule has 0 aliphatic heterocycles. The van der Waals surface area contributed by atoms with Crippen LogP contribution in [0.3, 0.4) is 0 Å². The maximum absolute atomic E-state index is 11.9. The van der Waals surface area contributed by atoms with Crippen LogP contribution in [0.25, 0.3) is 0 Å². The molecule has 4 nitrogen and oxygen atoms in total. The molecule has 1 rings (SSSR count). The number of hydrogen-bond acceptors (Lipinski definition) is 3. The van der Waals surface area contributed by atoms with Crippen LogP contribution in [0.15, 0.2) is 0 Å². The highest BCUT2D eigenvalue weighted by atomic mass is 16.5. The van der Waals surface area contributed by atoms with Gasteiger partial charge in [-0.3, -0.25) is 4.79 Å². The van der Waals surface area contributed by atoms with E-state index in [1.807, 2.05) is 13.8 Å². The molecule has 0 aromatic carbocycles. The number of ether oxygens (including phenoxy) is 1. The number of hydrogen-bond donors (Lipinski definition) is 2. The third kappa shape index (κ3) is 5.04. The lowest BCUT2D eigenvalue weighted by Crippen LogP contribution is -2.35. The Morgan fingerprint density at radius 2 is 2.24 bits per heavy atom. The number of carbonyl (C=O) groups is 1. The lowest BCUT2D eigenvalue weighted by atomic mass is 9.95. The van der Waals surface area contributed by atoms with E-state index in [2.05, 4.69) is 5.32 Å². The Kier molecular flexibility index (Phi) is 6.52. The predicted molar refractivity (Wildman–Crippen MR) is 68.6 cm³/mol. The van der Waals surface area contributed by atoms with Crippen molar-refractivity contribution in [3.63, 3.8) is 0 Å². The molecule has 0 radical (unpaired) electrons. The summed E-state index contributed by atoms with van der Waals surface area (Å²) in [6, 6.07) is 0. The van der Waals surface area contributed by atoms with E-state index in [0.29, 0.717) is 25.6 Å². The first-order chi connectivity index (χ1) is 8.15. The van der Waals surface area contributed by atoms with Crippen molar-refractivity contribution in [2.75, 3.05) is 19.7 Å². The second-order valence-electron chi connectivity index (χ2n) is 5.10. The van der Waals surface area contributed by atoms with Crippen molar-refractivity contribution in [2.24, 2.45) is 17.6 Å². The van der Waals surface area contributed by atoms with E-state index in [0.717, 1.165) is 25.7 Å². The third-order valence-electron chi connectivity index (χ3n) is 3.37. The molecule has 0 bridgehead atoms. The van der Waals surface area contributed by atoms with Crippen molar-refractivity contribution in [1.82, 2.24) is 5.32 Å². The molecular formula is C13H26N2O2. The van der Waals surface area contributed by atoms with Gasteiger partial charge < -0.3 is 15.8 Å². The highest BCUT2D eigenvalue weighted by Gasteiger charge is 2.31. The Morgan fingerprint density at radius 1 is 1.47 bits per heavy atom. The summed E-state index contributed by atoms with van der Waals surface area (Å²) < 4.78 is 5.42. The standard InChI is InChI=1S/C13H26N2O2/c1-10(2)17-8-4-7-15-13(16)12-6-3-5-11(12)9-14/h10-12H,3-9,14H2,1-2H3,(H,15,16). The van der Waals surface area contributed by atoms with Crippen LogP contribution < -0.4 is 11.1 Å². The molecule has 2 atom stereocenters. The van der Waals surface area contributed by atoms with Crippen LogP contribution in [0, 0.1) is 11.8 Å². The molecule has 100 valence electrons. The first-order valence-corrected chi connectivity index (χ1v) is 6.74. The Hall–Kier alpha value is -0.610. The number of nitrogens with two attached hydrogens (primary N) is 1. The van der Waals surface area contributed by atoms with Crippen molar-refractivity contribution < 1.29 is 9.53 Å².